The molecule has 18 heavy (non-hydrogen) atoms. The Morgan fingerprint density at radius 2 is 2.22 bits per heavy atom. The largest absolute Gasteiger partial charge is 0.391 e. The van der Waals surface area contributed by atoms with E-state index in [1.807, 2.05) is 6.92 Å². The summed E-state index contributed by atoms with van der Waals surface area (Å²) in [6.07, 6.45) is 1.78. The lowest BCUT2D eigenvalue weighted by Crippen LogP contribution is -2.26. The summed E-state index contributed by atoms with van der Waals surface area (Å²) >= 11 is 3.11. The first kappa shape index (κ1) is 15.1. The van der Waals surface area contributed by atoms with Crippen LogP contribution in [0.15, 0.2) is 22.7 Å². The zero-order valence-corrected chi connectivity index (χ0v) is 11.8. The molecule has 5 nitrogen and oxygen atoms in total. The van der Waals surface area contributed by atoms with Crippen LogP contribution in [-0.4, -0.2) is 16.1 Å². The monoisotopic (exact) mass is 316 g/mol. The van der Waals surface area contributed by atoms with Crippen molar-refractivity contribution < 1.29 is 10.0 Å². The molecule has 0 saturated heterocycles. The van der Waals surface area contributed by atoms with Crippen molar-refractivity contribution in [3.8, 4) is 0 Å². The van der Waals surface area contributed by atoms with E-state index in [-0.39, 0.29) is 5.69 Å². The number of nitro benzene ring substituents is 1. The number of rotatable bonds is 6. The van der Waals surface area contributed by atoms with Crippen LogP contribution < -0.4 is 5.73 Å². The predicted octanol–water partition coefficient (Wildman–Crippen LogP) is 2.91. The van der Waals surface area contributed by atoms with E-state index in [2.05, 4.69) is 15.9 Å². The number of aliphatic hydroxyl groups is 1. The average Bonchev–Trinajstić information content (AvgIpc) is 2.35. The normalized spacial score (nSPS) is 14.2. The van der Waals surface area contributed by atoms with E-state index in [9.17, 15) is 15.2 Å². The lowest BCUT2D eigenvalue weighted by atomic mass is 9.98. The molecule has 1 aromatic carbocycles. The molecular weight excluding hydrogens is 300 g/mol. The van der Waals surface area contributed by atoms with E-state index < -0.39 is 17.1 Å². The molecule has 0 heterocycles. The minimum atomic E-state index is -0.675. The number of unbranched alkanes of at least 4 members (excludes halogenated alkanes) is 1. The third-order valence-electron chi connectivity index (χ3n) is 2.82. The third-order valence-corrected chi connectivity index (χ3v) is 3.49. The van der Waals surface area contributed by atoms with Crippen molar-refractivity contribution in [2.75, 3.05) is 0 Å². The van der Waals surface area contributed by atoms with Crippen molar-refractivity contribution in [3.63, 3.8) is 0 Å². The molecule has 6 heteroatoms. The molecule has 0 aliphatic heterocycles. The third kappa shape index (κ3) is 3.76. The van der Waals surface area contributed by atoms with Gasteiger partial charge in [0.05, 0.1) is 21.5 Å². The van der Waals surface area contributed by atoms with Crippen LogP contribution >= 0.6 is 15.9 Å². The summed E-state index contributed by atoms with van der Waals surface area (Å²) in [5.74, 6) is 0. The molecule has 0 spiro atoms. The van der Waals surface area contributed by atoms with Crippen LogP contribution in [-0.2, 0) is 0 Å². The topological polar surface area (TPSA) is 89.4 Å². The zero-order valence-electron chi connectivity index (χ0n) is 10.2. The Morgan fingerprint density at radius 1 is 1.56 bits per heavy atom. The Hall–Kier alpha value is -0.980. The molecule has 0 aromatic heterocycles. The molecule has 0 aliphatic rings. The van der Waals surface area contributed by atoms with Crippen molar-refractivity contribution in [1.29, 1.82) is 0 Å². The number of nitro groups is 1. The van der Waals surface area contributed by atoms with E-state index in [0.29, 0.717) is 16.5 Å². The molecule has 1 rings (SSSR count). The molecule has 0 aliphatic carbocycles. The number of nitrogens with two attached hydrogens (primary N) is 1. The Bertz CT molecular complexity index is 426. The van der Waals surface area contributed by atoms with Crippen molar-refractivity contribution in [2.24, 2.45) is 5.73 Å². The van der Waals surface area contributed by atoms with Gasteiger partial charge >= 0.3 is 0 Å². The number of halogens is 1. The van der Waals surface area contributed by atoms with Crippen LogP contribution in [0.3, 0.4) is 0 Å². The summed E-state index contributed by atoms with van der Waals surface area (Å²) in [7, 11) is 0. The van der Waals surface area contributed by atoms with Crippen LogP contribution in [0.25, 0.3) is 0 Å². The summed E-state index contributed by atoms with van der Waals surface area (Å²) < 4.78 is 0.409. The first-order valence-electron chi connectivity index (χ1n) is 5.84. The van der Waals surface area contributed by atoms with Gasteiger partial charge in [-0.05, 0) is 34.0 Å². The van der Waals surface area contributed by atoms with Gasteiger partial charge in [-0.25, -0.2) is 0 Å². The molecule has 0 fully saturated rings. The molecule has 0 amide bonds. The quantitative estimate of drug-likeness (QED) is 0.623. The number of hydrogen-bond donors (Lipinski definition) is 2. The minimum Gasteiger partial charge on any atom is -0.391 e. The maximum atomic E-state index is 10.8. The molecule has 3 N–H and O–H groups in total. The van der Waals surface area contributed by atoms with Crippen LogP contribution in [0.2, 0.25) is 0 Å². The molecule has 2 atom stereocenters. The highest BCUT2D eigenvalue weighted by Crippen LogP contribution is 2.29. The highest BCUT2D eigenvalue weighted by molar-refractivity contribution is 9.10. The van der Waals surface area contributed by atoms with Gasteiger partial charge in [0.2, 0.25) is 0 Å². The molecule has 0 bridgehead atoms. The fourth-order valence-corrected chi connectivity index (χ4v) is 2.08. The first-order valence-corrected chi connectivity index (χ1v) is 6.64. The van der Waals surface area contributed by atoms with Gasteiger partial charge in [0.15, 0.2) is 0 Å². The van der Waals surface area contributed by atoms with Gasteiger partial charge in [0.25, 0.3) is 5.69 Å². The fraction of sp³-hybridized carbons (Fsp3) is 0.500. The Balaban J connectivity index is 2.89. The van der Waals surface area contributed by atoms with E-state index in [1.54, 1.807) is 12.1 Å². The fourth-order valence-electron chi connectivity index (χ4n) is 1.69. The van der Waals surface area contributed by atoms with Crippen LogP contribution in [0.4, 0.5) is 5.69 Å². The van der Waals surface area contributed by atoms with Gasteiger partial charge in [-0.3, -0.25) is 10.1 Å². The second kappa shape index (κ2) is 6.82. The number of hydrogen-bond acceptors (Lipinski definition) is 4. The number of benzene rings is 1. The van der Waals surface area contributed by atoms with Crippen LogP contribution in [0.5, 0.6) is 0 Å². The van der Waals surface area contributed by atoms with E-state index in [0.717, 1.165) is 12.8 Å². The zero-order chi connectivity index (χ0) is 13.7. The standard InChI is InChI=1S/C12H17BrN2O3/c1-2-3-4-11(16)12(14)8-5-6-9(13)10(7-8)15(17)18/h5-7,11-12,16H,2-4,14H2,1H3/t11-,12+/m0/s1. The van der Waals surface area contributed by atoms with E-state index >= 15 is 0 Å². The number of aliphatic hydroxyl groups excluding tert-OH is 1. The second-order valence-corrected chi connectivity index (χ2v) is 5.06. The van der Waals surface area contributed by atoms with Gasteiger partial charge in [-0.15, -0.1) is 0 Å². The highest BCUT2D eigenvalue weighted by atomic mass is 79.9. The maximum Gasteiger partial charge on any atom is 0.283 e. The lowest BCUT2D eigenvalue weighted by Gasteiger charge is -2.19. The van der Waals surface area contributed by atoms with Crippen molar-refractivity contribution >= 4 is 21.6 Å². The van der Waals surface area contributed by atoms with Gasteiger partial charge in [-0.2, -0.15) is 0 Å². The Labute approximate surface area is 114 Å². The van der Waals surface area contributed by atoms with Crippen LogP contribution in [0, 0.1) is 10.1 Å². The summed E-state index contributed by atoms with van der Waals surface area (Å²) in [5.41, 5.74) is 6.45. The second-order valence-electron chi connectivity index (χ2n) is 4.20. The summed E-state index contributed by atoms with van der Waals surface area (Å²) in [6.45, 7) is 2.03. The molecule has 0 saturated carbocycles. The Kier molecular flexibility index (Phi) is 5.71. The molecular formula is C12H17BrN2O3. The summed E-state index contributed by atoms with van der Waals surface area (Å²) in [5, 5.41) is 20.7. The predicted molar refractivity (Wildman–Crippen MR) is 73.3 cm³/mol. The maximum absolute atomic E-state index is 10.8. The first-order chi connectivity index (χ1) is 8.47. The van der Waals surface area contributed by atoms with Gasteiger partial charge in [-0.1, -0.05) is 25.8 Å². The minimum absolute atomic E-state index is 0.0364. The van der Waals surface area contributed by atoms with Gasteiger partial charge in [0, 0.05) is 6.07 Å². The average molecular weight is 317 g/mol. The van der Waals surface area contributed by atoms with Crippen molar-refractivity contribution in [3.05, 3.63) is 38.3 Å². The lowest BCUT2D eigenvalue weighted by molar-refractivity contribution is -0.385. The van der Waals surface area contributed by atoms with Crippen LogP contribution in [0.1, 0.15) is 37.8 Å². The molecule has 100 valence electrons. The van der Waals surface area contributed by atoms with E-state index in [4.69, 9.17) is 5.73 Å². The molecule has 0 radical (unpaired) electrons. The Morgan fingerprint density at radius 3 is 2.78 bits per heavy atom. The SMILES string of the molecule is CCCC[C@H](O)[C@H](N)c1ccc(Br)c([N+](=O)[O-])c1. The molecule has 0 unspecified atom stereocenters. The van der Waals surface area contributed by atoms with E-state index in [1.165, 1.54) is 6.07 Å². The smallest absolute Gasteiger partial charge is 0.283 e. The highest BCUT2D eigenvalue weighted by Gasteiger charge is 2.20. The summed E-state index contributed by atoms with van der Waals surface area (Å²) in [4.78, 5) is 10.3. The number of nitrogens with zero attached hydrogens (tertiary/aromatic N) is 1. The van der Waals surface area contributed by atoms with Gasteiger partial charge < -0.3 is 10.8 Å². The van der Waals surface area contributed by atoms with Gasteiger partial charge in [0.1, 0.15) is 0 Å². The molecule has 1 aromatic rings. The van der Waals surface area contributed by atoms with Crippen molar-refractivity contribution in [1.82, 2.24) is 0 Å². The summed E-state index contributed by atoms with van der Waals surface area (Å²) in [6, 6.07) is 4.09. The van der Waals surface area contributed by atoms with Crippen molar-refractivity contribution in [2.45, 2.75) is 38.3 Å².